The molecule has 1 atom stereocenters. The van der Waals surface area contributed by atoms with Gasteiger partial charge in [0.25, 0.3) is 0 Å². The SMILES string of the molecule is CCCCNCC(C)N1CCC(COC)CC1. The van der Waals surface area contributed by atoms with Crippen LogP contribution in [0.25, 0.3) is 0 Å². The summed E-state index contributed by atoms with van der Waals surface area (Å²) in [6, 6.07) is 0.676. The number of hydrogen-bond acceptors (Lipinski definition) is 3. The van der Waals surface area contributed by atoms with Crippen LogP contribution in [0.4, 0.5) is 0 Å². The standard InChI is InChI=1S/C14H30N2O/c1-4-5-8-15-11-13(2)16-9-6-14(7-10-16)12-17-3/h13-15H,4-12H2,1-3H3. The Balaban J connectivity index is 2.10. The van der Waals surface area contributed by atoms with E-state index in [0.717, 1.165) is 19.1 Å². The molecule has 0 aromatic heterocycles. The number of rotatable bonds is 8. The zero-order valence-corrected chi connectivity index (χ0v) is 11.9. The van der Waals surface area contributed by atoms with Crippen LogP contribution in [0, 0.1) is 5.92 Å². The van der Waals surface area contributed by atoms with Gasteiger partial charge in [-0.2, -0.15) is 0 Å². The lowest BCUT2D eigenvalue weighted by atomic mass is 9.97. The summed E-state index contributed by atoms with van der Waals surface area (Å²) in [6.45, 7) is 10.3. The Morgan fingerprint density at radius 1 is 1.35 bits per heavy atom. The number of unbranched alkanes of at least 4 members (excludes halogenated alkanes) is 1. The van der Waals surface area contributed by atoms with Crippen molar-refractivity contribution in [1.29, 1.82) is 0 Å². The van der Waals surface area contributed by atoms with Gasteiger partial charge in [-0.05, 0) is 51.7 Å². The van der Waals surface area contributed by atoms with Crippen LogP contribution in [0.15, 0.2) is 0 Å². The Bertz CT molecular complexity index is 179. The van der Waals surface area contributed by atoms with Gasteiger partial charge >= 0.3 is 0 Å². The first-order chi connectivity index (χ1) is 8.27. The molecule has 1 N–H and O–H groups in total. The Morgan fingerprint density at radius 3 is 2.65 bits per heavy atom. The summed E-state index contributed by atoms with van der Waals surface area (Å²) in [5.74, 6) is 0.788. The van der Waals surface area contributed by atoms with Crippen molar-refractivity contribution in [3.8, 4) is 0 Å². The van der Waals surface area contributed by atoms with Crippen LogP contribution in [0.1, 0.15) is 39.5 Å². The molecule has 0 aromatic carbocycles. The van der Waals surface area contributed by atoms with Crippen molar-refractivity contribution in [2.75, 3.05) is 39.9 Å². The number of hydrogen-bond donors (Lipinski definition) is 1. The van der Waals surface area contributed by atoms with Crippen molar-refractivity contribution in [3.05, 3.63) is 0 Å². The fraction of sp³-hybridized carbons (Fsp3) is 1.00. The fourth-order valence-electron chi connectivity index (χ4n) is 2.54. The number of likely N-dealkylation sites (tertiary alicyclic amines) is 1. The third kappa shape index (κ3) is 5.84. The molecular weight excluding hydrogens is 212 g/mol. The molecule has 3 nitrogen and oxygen atoms in total. The monoisotopic (exact) mass is 242 g/mol. The minimum absolute atomic E-state index is 0.676. The van der Waals surface area contributed by atoms with Crippen LogP contribution < -0.4 is 5.32 Å². The summed E-state index contributed by atoms with van der Waals surface area (Å²) >= 11 is 0. The van der Waals surface area contributed by atoms with E-state index < -0.39 is 0 Å². The van der Waals surface area contributed by atoms with E-state index in [4.69, 9.17) is 4.74 Å². The van der Waals surface area contributed by atoms with Gasteiger partial charge < -0.3 is 10.1 Å². The van der Waals surface area contributed by atoms with E-state index in [1.807, 2.05) is 7.11 Å². The quantitative estimate of drug-likeness (QED) is 0.660. The molecule has 0 aromatic rings. The Morgan fingerprint density at radius 2 is 2.06 bits per heavy atom. The van der Waals surface area contributed by atoms with Gasteiger partial charge in [0.1, 0.15) is 0 Å². The lowest BCUT2D eigenvalue weighted by molar-refractivity contribution is 0.0832. The van der Waals surface area contributed by atoms with Gasteiger partial charge in [0.2, 0.25) is 0 Å². The highest BCUT2D eigenvalue weighted by molar-refractivity contribution is 4.77. The van der Waals surface area contributed by atoms with Gasteiger partial charge in [-0.15, -0.1) is 0 Å². The maximum absolute atomic E-state index is 5.24. The van der Waals surface area contributed by atoms with Crippen molar-refractivity contribution < 1.29 is 4.74 Å². The van der Waals surface area contributed by atoms with Gasteiger partial charge in [-0.1, -0.05) is 13.3 Å². The normalized spacial score (nSPS) is 20.6. The summed E-state index contributed by atoms with van der Waals surface area (Å²) in [7, 11) is 1.81. The number of methoxy groups -OCH3 is 1. The van der Waals surface area contributed by atoms with Crippen LogP contribution in [-0.4, -0.2) is 50.8 Å². The molecule has 0 aliphatic carbocycles. The molecule has 1 fully saturated rings. The van der Waals surface area contributed by atoms with E-state index in [1.54, 1.807) is 0 Å². The molecule has 0 saturated carbocycles. The predicted octanol–water partition coefficient (Wildman–Crippen LogP) is 2.12. The highest BCUT2D eigenvalue weighted by Gasteiger charge is 2.22. The maximum Gasteiger partial charge on any atom is 0.0491 e. The summed E-state index contributed by atoms with van der Waals surface area (Å²) in [5.41, 5.74) is 0. The van der Waals surface area contributed by atoms with E-state index in [-0.39, 0.29) is 0 Å². The zero-order valence-electron chi connectivity index (χ0n) is 11.9. The Kier molecular flexibility index (Phi) is 7.82. The smallest absolute Gasteiger partial charge is 0.0491 e. The van der Waals surface area contributed by atoms with Gasteiger partial charge in [0.15, 0.2) is 0 Å². The van der Waals surface area contributed by atoms with Crippen LogP contribution >= 0.6 is 0 Å². The highest BCUT2D eigenvalue weighted by Crippen LogP contribution is 2.18. The molecule has 102 valence electrons. The summed E-state index contributed by atoms with van der Waals surface area (Å²) in [4.78, 5) is 2.62. The molecule has 17 heavy (non-hydrogen) atoms. The van der Waals surface area contributed by atoms with Crippen molar-refractivity contribution in [2.45, 2.75) is 45.6 Å². The summed E-state index contributed by atoms with van der Waals surface area (Å²) < 4.78 is 5.24. The molecule has 0 radical (unpaired) electrons. The van der Waals surface area contributed by atoms with Crippen LogP contribution in [0.2, 0.25) is 0 Å². The minimum atomic E-state index is 0.676. The van der Waals surface area contributed by atoms with Crippen molar-refractivity contribution in [3.63, 3.8) is 0 Å². The largest absolute Gasteiger partial charge is 0.384 e. The molecule has 1 rings (SSSR count). The first kappa shape index (κ1) is 14.9. The Hall–Kier alpha value is -0.120. The lowest BCUT2D eigenvalue weighted by Gasteiger charge is -2.36. The molecule has 0 bridgehead atoms. The van der Waals surface area contributed by atoms with Gasteiger partial charge in [0, 0.05) is 26.3 Å². The topological polar surface area (TPSA) is 24.5 Å². The number of piperidine rings is 1. The number of nitrogens with one attached hydrogen (secondary N) is 1. The average Bonchev–Trinajstić information content (AvgIpc) is 2.36. The minimum Gasteiger partial charge on any atom is -0.384 e. The van der Waals surface area contributed by atoms with Crippen LogP contribution in [-0.2, 0) is 4.74 Å². The maximum atomic E-state index is 5.24. The van der Waals surface area contributed by atoms with Crippen LogP contribution in [0.5, 0.6) is 0 Å². The molecule has 1 unspecified atom stereocenters. The molecule has 0 amide bonds. The van der Waals surface area contributed by atoms with Crippen molar-refractivity contribution in [2.24, 2.45) is 5.92 Å². The third-order valence-electron chi connectivity index (χ3n) is 3.82. The highest BCUT2D eigenvalue weighted by atomic mass is 16.5. The van der Waals surface area contributed by atoms with Gasteiger partial charge in [-0.25, -0.2) is 0 Å². The van der Waals surface area contributed by atoms with Crippen LogP contribution in [0.3, 0.4) is 0 Å². The first-order valence-corrected chi connectivity index (χ1v) is 7.21. The number of nitrogens with zero attached hydrogens (tertiary/aromatic N) is 1. The van der Waals surface area contributed by atoms with E-state index >= 15 is 0 Å². The lowest BCUT2D eigenvalue weighted by Crippen LogP contribution is -2.45. The molecule has 1 heterocycles. The molecule has 0 spiro atoms. The molecule has 3 heteroatoms. The second-order valence-electron chi connectivity index (χ2n) is 5.34. The van der Waals surface area contributed by atoms with Crippen molar-refractivity contribution in [1.82, 2.24) is 10.2 Å². The van der Waals surface area contributed by atoms with Crippen molar-refractivity contribution >= 4 is 0 Å². The zero-order chi connectivity index (χ0) is 12.5. The van der Waals surface area contributed by atoms with E-state index in [2.05, 4.69) is 24.1 Å². The molecule has 1 aliphatic rings. The first-order valence-electron chi connectivity index (χ1n) is 7.21. The molecule has 1 saturated heterocycles. The third-order valence-corrected chi connectivity index (χ3v) is 3.82. The predicted molar refractivity (Wildman–Crippen MR) is 73.4 cm³/mol. The van der Waals surface area contributed by atoms with E-state index in [0.29, 0.717) is 6.04 Å². The fourth-order valence-corrected chi connectivity index (χ4v) is 2.54. The van der Waals surface area contributed by atoms with E-state index in [9.17, 15) is 0 Å². The van der Waals surface area contributed by atoms with Gasteiger partial charge in [-0.3, -0.25) is 4.90 Å². The van der Waals surface area contributed by atoms with E-state index in [1.165, 1.54) is 45.3 Å². The summed E-state index contributed by atoms with van der Waals surface area (Å²) in [6.07, 6.45) is 5.17. The Labute approximate surface area is 107 Å². The molecule has 1 aliphatic heterocycles. The van der Waals surface area contributed by atoms with Gasteiger partial charge in [0.05, 0.1) is 0 Å². The second-order valence-corrected chi connectivity index (χ2v) is 5.34. The summed E-state index contributed by atoms with van der Waals surface area (Å²) in [5, 5.41) is 3.55. The molecular formula is C14H30N2O. The number of ether oxygens (including phenoxy) is 1. The second kappa shape index (κ2) is 8.90. The average molecular weight is 242 g/mol.